The van der Waals surface area contributed by atoms with Crippen LogP contribution < -0.4 is 5.32 Å². The van der Waals surface area contributed by atoms with Gasteiger partial charge in [0.25, 0.3) is 0 Å². The van der Waals surface area contributed by atoms with Gasteiger partial charge in [0.1, 0.15) is 0 Å². The molecule has 1 N–H and O–H groups in total. The molecule has 0 aromatic heterocycles. The Bertz CT molecular complexity index is 319. The molecular formula is C14H21NOS. The minimum atomic E-state index is 0.669. The molecule has 0 radical (unpaired) electrons. The number of rotatable bonds is 5. The van der Waals surface area contributed by atoms with E-state index in [2.05, 4.69) is 36.5 Å². The number of benzene rings is 1. The summed E-state index contributed by atoms with van der Waals surface area (Å²) in [6.45, 7) is 5.05. The van der Waals surface area contributed by atoms with Crippen LogP contribution in [0.1, 0.15) is 18.4 Å². The van der Waals surface area contributed by atoms with Gasteiger partial charge in [-0.3, -0.25) is 0 Å². The fourth-order valence-electron chi connectivity index (χ4n) is 1.97. The molecule has 1 fully saturated rings. The van der Waals surface area contributed by atoms with Crippen molar-refractivity contribution in [3.8, 4) is 0 Å². The summed E-state index contributed by atoms with van der Waals surface area (Å²) in [6.07, 6.45) is 2.32. The Kier molecular flexibility index (Phi) is 5.36. The van der Waals surface area contributed by atoms with Gasteiger partial charge in [0.15, 0.2) is 0 Å². The summed E-state index contributed by atoms with van der Waals surface area (Å²) in [5.74, 6) is 1.14. The van der Waals surface area contributed by atoms with Crippen LogP contribution in [0.25, 0.3) is 0 Å². The van der Waals surface area contributed by atoms with E-state index in [1.807, 2.05) is 11.8 Å². The maximum atomic E-state index is 5.34. The van der Waals surface area contributed by atoms with E-state index in [0.717, 1.165) is 38.4 Å². The first-order valence-corrected chi connectivity index (χ1v) is 7.34. The summed E-state index contributed by atoms with van der Waals surface area (Å²) in [6, 6.07) is 9.42. The van der Waals surface area contributed by atoms with Crippen molar-refractivity contribution in [1.82, 2.24) is 5.32 Å². The highest BCUT2D eigenvalue weighted by atomic mass is 32.2. The molecule has 17 heavy (non-hydrogen) atoms. The zero-order valence-corrected chi connectivity index (χ0v) is 11.3. The van der Waals surface area contributed by atoms with Crippen LogP contribution in [-0.2, 0) is 4.74 Å². The summed E-state index contributed by atoms with van der Waals surface area (Å²) in [7, 11) is 0. The van der Waals surface area contributed by atoms with Crippen molar-refractivity contribution in [3.63, 3.8) is 0 Å². The molecule has 1 heterocycles. The monoisotopic (exact) mass is 251 g/mol. The normalized spacial score (nSPS) is 17.2. The number of nitrogens with one attached hydrogen (secondary N) is 1. The molecule has 1 saturated heterocycles. The lowest BCUT2D eigenvalue weighted by Crippen LogP contribution is -2.35. The molecule has 1 aliphatic rings. The standard InChI is InChI=1S/C14H21NOS/c1-12-2-4-14(5-3-12)17-11-8-15-13-6-9-16-10-7-13/h2-5,13,15H,6-11H2,1H3. The first kappa shape index (κ1) is 12.9. The van der Waals surface area contributed by atoms with Gasteiger partial charge in [0.05, 0.1) is 0 Å². The molecule has 0 spiro atoms. The molecule has 2 nitrogen and oxygen atoms in total. The second kappa shape index (κ2) is 7.04. The lowest BCUT2D eigenvalue weighted by molar-refractivity contribution is 0.0786. The highest BCUT2D eigenvalue weighted by Crippen LogP contribution is 2.17. The van der Waals surface area contributed by atoms with Crippen LogP contribution in [-0.4, -0.2) is 31.6 Å². The van der Waals surface area contributed by atoms with Crippen LogP contribution in [0.15, 0.2) is 29.2 Å². The lowest BCUT2D eigenvalue weighted by atomic mass is 10.1. The average molecular weight is 251 g/mol. The molecule has 3 heteroatoms. The Balaban J connectivity index is 1.60. The van der Waals surface area contributed by atoms with Gasteiger partial charge < -0.3 is 10.1 Å². The Morgan fingerprint density at radius 3 is 2.65 bits per heavy atom. The van der Waals surface area contributed by atoms with E-state index in [1.165, 1.54) is 10.5 Å². The Morgan fingerprint density at radius 2 is 1.94 bits per heavy atom. The van der Waals surface area contributed by atoms with Gasteiger partial charge in [-0.2, -0.15) is 0 Å². The second-order valence-corrected chi connectivity index (χ2v) is 5.67. The lowest BCUT2D eigenvalue weighted by Gasteiger charge is -2.23. The largest absolute Gasteiger partial charge is 0.381 e. The number of hydrogen-bond acceptors (Lipinski definition) is 3. The SMILES string of the molecule is Cc1ccc(SCCNC2CCOCC2)cc1. The van der Waals surface area contributed by atoms with Crippen LogP contribution >= 0.6 is 11.8 Å². The van der Waals surface area contributed by atoms with E-state index in [1.54, 1.807) is 0 Å². The predicted molar refractivity (Wildman–Crippen MR) is 73.7 cm³/mol. The molecule has 0 saturated carbocycles. The number of thioether (sulfide) groups is 1. The van der Waals surface area contributed by atoms with Crippen LogP contribution in [0, 0.1) is 6.92 Å². The van der Waals surface area contributed by atoms with Gasteiger partial charge in [-0.15, -0.1) is 11.8 Å². The topological polar surface area (TPSA) is 21.3 Å². The van der Waals surface area contributed by atoms with Gasteiger partial charge in [-0.25, -0.2) is 0 Å². The Labute approximate surface area is 108 Å². The molecule has 0 aliphatic carbocycles. The number of hydrogen-bond donors (Lipinski definition) is 1. The van der Waals surface area contributed by atoms with E-state index in [4.69, 9.17) is 4.74 Å². The summed E-state index contributed by atoms with van der Waals surface area (Å²) in [4.78, 5) is 1.37. The summed E-state index contributed by atoms with van der Waals surface area (Å²) in [5, 5.41) is 3.60. The Morgan fingerprint density at radius 1 is 1.24 bits per heavy atom. The molecule has 1 aliphatic heterocycles. The van der Waals surface area contributed by atoms with Gasteiger partial charge in [-0.1, -0.05) is 17.7 Å². The zero-order valence-electron chi connectivity index (χ0n) is 10.4. The van der Waals surface area contributed by atoms with Crippen molar-refractivity contribution in [2.24, 2.45) is 0 Å². The highest BCUT2D eigenvalue weighted by Gasteiger charge is 2.11. The van der Waals surface area contributed by atoms with Crippen LogP contribution in [0.3, 0.4) is 0 Å². The fraction of sp³-hybridized carbons (Fsp3) is 0.571. The molecular weight excluding hydrogens is 230 g/mol. The van der Waals surface area contributed by atoms with Gasteiger partial charge in [0, 0.05) is 36.4 Å². The quantitative estimate of drug-likeness (QED) is 0.642. The summed E-state index contributed by atoms with van der Waals surface area (Å²) in [5.41, 5.74) is 1.33. The molecule has 1 aromatic rings. The minimum absolute atomic E-state index is 0.669. The molecule has 1 aromatic carbocycles. The van der Waals surface area contributed by atoms with Gasteiger partial charge >= 0.3 is 0 Å². The van der Waals surface area contributed by atoms with Crippen molar-refractivity contribution < 1.29 is 4.74 Å². The number of aryl methyl sites for hydroxylation is 1. The van der Waals surface area contributed by atoms with Crippen LogP contribution in [0.2, 0.25) is 0 Å². The first-order chi connectivity index (χ1) is 8.34. The summed E-state index contributed by atoms with van der Waals surface area (Å²) >= 11 is 1.92. The van der Waals surface area contributed by atoms with Crippen LogP contribution in [0.4, 0.5) is 0 Å². The van der Waals surface area contributed by atoms with E-state index in [-0.39, 0.29) is 0 Å². The minimum Gasteiger partial charge on any atom is -0.381 e. The third kappa shape index (κ3) is 4.70. The third-order valence-electron chi connectivity index (χ3n) is 3.05. The van der Waals surface area contributed by atoms with Gasteiger partial charge in [-0.05, 0) is 31.9 Å². The fourth-order valence-corrected chi connectivity index (χ4v) is 2.75. The number of ether oxygens (including phenoxy) is 1. The second-order valence-electron chi connectivity index (χ2n) is 4.50. The summed E-state index contributed by atoms with van der Waals surface area (Å²) < 4.78 is 5.34. The smallest absolute Gasteiger partial charge is 0.0480 e. The maximum Gasteiger partial charge on any atom is 0.0480 e. The van der Waals surface area contributed by atoms with E-state index in [0.29, 0.717) is 6.04 Å². The van der Waals surface area contributed by atoms with Crippen LogP contribution in [0.5, 0.6) is 0 Å². The molecule has 94 valence electrons. The molecule has 0 bridgehead atoms. The van der Waals surface area contributed by atoms with E-state index < -0.39 is 0 Å². The van der Waals surface area contributed by atoms with Gasteiger partial charge in [0.2, 0.25) is 0 Å². The van der Waals surface area contributed by atoms with Crippen molar-refractivity contribution in [1.29, 1.82) is 0 Å². The molecule has 2 rings (SSSR count). The average Bonchev–Trinajstić information content (AvgIpc) is 2.38. The zero-order chi connectivity index (χ0) is 11.9. The predicted octanol–water partition coefficient (Wildman–Crippen LogP) is 2.86. The van der Waals surface area contributed by atoms with E-state index >= 15 is 0 Å². The first-order valence-electron chi connectivity index (χ1n) is 6.35. The van der Waals surface area contributed by atoms with E-state index in [9.17, 15) is 0 Å². The van der Waals surface area contributed by atoms with Crippen molar-refractivity contribution in [2.45, 2.75) is 30.7 Å². The molecule has 0 amide bonds. The van der Waals surface area contributed by atoms with Crippen molar-refractivity contribution in [2.75, 3.05) is 25.5 Å². The third-order valence-corrected chi connectivity index (χ3v) is 4.06. The van der Waals surface area contributed by atoms with Crippen molar-refractivity contribution in [3.05, 3.63) is 29.8 Å². The maximum absolute atomic E-state index is 5.34. The highest BCUT2D eigenvalue weighted by molar-refractivity contribution is 7.99. The Hall–Kier alpha value is -0.510. The van der Waals surface area contributed by atoms with Crippen molar-refractivity contribution >= 4 is 11.8 Å². The molecule has 0 atom stereocenters. The molecule has 0 unspecified atom stereocenters.